The van der Waals surface area contributed by atoms with E-state index < -0.39 is 18.1 Å². The summed E-state index contributed by atoms with van der Waals surface area (Å²) in [4.78, 5) is 23.4. The lowest BCUT2D eigenvalue weighted by molar-refractivity contribution is -0.140. The van der Waals surface area contributed by atoms with Crippen LogP contribution in [0.4, 0.5) is 4.79 Å². The van der Waals surface area contributed by atoms with Crippen LogP contribution < -0.4 is 5.32 Å². The second-order valence-electron chi connectivity index (χ2n) is 6.78. The van der Waals surface area contributed by atoms with Crippen LogP contribution >= 0.6 is 0 Å². The van der Waals surface area contributed by atoms with Gasteiger partial charge in [-0.3, -0.25) is 0 Å². The van der Waals surface area contributed by atoms with Gasteiger partial charge in [-0.25, -0.2) is 9.59 Å². The second kappa shape index (κ2) is 7.65. The fraction of sp³-hybridized carbons (Fsp3) is 0.765. The van der Waals surface area contributed by atoms with Gasteiger partial charge < -0.3 is 15.2 Å². The zero-order valence-corrected chi connectivity index (χ0v) is 13.2. The second-order valence-corrected chi connectivity index (χ2v) is 6.78. The van der Waals surface area contributed by atoms with Crippen molar-refractivity contribution >= 4 is 12.1 Å². The van der Waals surface area contributed by atoms with Gasteiger partial charge in [-0.05, 0) is 38.0 Å². The number of carbonyl (C=O) groups is 2. The van der Waals surface area contributed by atoms with Crippen molar-refractivity contribution < 1.29 is 19.4 Å². The molecule has 2 N–H and O–H groups in total. The summed E-state index contributed by atoms with van der Waals surface area (Å²) in [5.41, 5.74) is 0.00513. The average Bonchev–Trinajstić information content (AvgIpc) is 3.15. The molecule has 124 valence electrons. The molecule has 1 amide bonds. The maximum atomic E-state index is 12.0. The summed E-state index contributed by atoms with van der Waals surface area (Å²) in [5, 5.41) is 11.9. The molecule has 22 heavy (non-hydrogen) atoms. The third-order valence-corrected chi connectivity index (χ3v) is 5.16. The van der Waals surface area contributed by atoms with E-state index >= 15 is 0 Å². The van der Waals surface area contributed by atoms with E-state index in [1.165, 1.54) is 0 Å². The predicted molar refractivity (Wildman–Crippen MR) is 83.6 cm³/mol. The Hall–Kier alpha value is -1.52. The molecule has 5 heteroatoms. The number of allylic oxidation sites excluding steroid dienone is 1. The van der Waals surface area contributed by atoms with Crippen LogP contribution in [0.3, 0.4) is 0 Å². The Labute approximate surface area is 132 Å². The minimum atomic E-state index is -0.967. The highest BCUT2D eigenvalue weighted by Gasteiger charge is 2.36. The van der Waals surface area contributed by atoms with E-state index in [1.54, 1.807) is 0 Å². The Balaban J connectivity index is 1.85. The van der Waals surface area contributed by atoms with Crippen molar-refractivity contribution in [3.8, 4) is 0 Å². The summed E-state index contributed by atoms with van der Waals surface area (Å²) < 4.78 is 5.36. The van der Waals surface area contributed by atoms with Crippen molar-refractivity contribution in [1.29, 1.82) is 0 Å². The predicted octanol–water partition coefficient (Wildman–Crippen LogP) is 3.49. The van der Waals surface area contributed by atoms with Crippen molar-refractivity contribution in [2.75, 3.05) is 6.61 Å². The molecule has 0 radical (unpaired) electrons. The number of hydrogen-bond donors (Lipinski definition) is 2. The summed E-state index contributed by atoms with van der Waals surface area (Å²) >= 11 is 0. The van der Waals surface area contributed by atoms with Crippen molar-refractivity contribution in [3.05, 3.63) is 12.7 Å². The van der Waals surface area contributed by atoms with Gasteiger partial charge in [0, 0.05) is 5.41 Å². The fourth-order valence-corrected chi connectivity index (χ4v) is 3.90. The van der Waals surface area contributed by atoms with Crippen molar-refractivity contribution in [2.45, 2.75) is 63.8 Å². The van der Waals surface area contributed by atoms with Gasteiger partial charge in [0.2, 0.25) is 0 Å². The van der Waals surface area contributed by atoms with Gasteiger partial charge in [-0.15, -0.1) is 6.58 Å². The molecule has 0 aliphatic heterocycles. The average molecular weight is 309 g/mol. The van der Waals surface area contributed by atoms with Crippen LogP contribution in [0.15, 0.2) is 12.7 Å². The highest BCUT2D eigenvalue weighted by Crippen LogP contribution is 2.41. The molecule has 1 atom stereocenters. The highest BCUT2D eigenvalue weighted by atomic mass is 16.5. The van der Waals surface area contributed by atoms with E-state index in [2.05, 4.69) is 11.9 Å². The van der Waals surface area contributed by atoms with Gasteiger partial charge in [0.25, 0.3) is 0 Å². The molecule has 2 aliphatic rings. The molecule has 2 saturated carbocycles. The molecule has 2 aliphatic carbocycles. The third kappa shape index (κ3) is 4.24. The van der Waals surface area contributed by atoms with Crippen LogP contribution in [0, 0.1) is 11.3 Å². The van der Waals surface area contributed by atoms with Crippen LogP contribution in [0.5, 0.6) is 0 Å². The number of amides is 1. The molecule has 0 spiro atoms. The SMILES string of the molecule is C=CCC1(COC(=O)N[C@H](C(=O)O)C2CCCC2)CCCC1. The summed E-state index contributed by atoms with van der Waals surface area (Å²) in [7, 11) is 0. The van der Waals surface area contributed by atoms with E-state index in [4.69, 9.17) is 4.74 Å². The number of rotatable bonds is 7. The van der Waals surface area contributed by atoms with Crippen molar-refractivity contribution in [3.63, 3.8) is 0 Å². The summed E-state index contributed by atoms with van der Waals surface area (Å²) in [5.74, 6) is -0.941. The number of ether oxygens (including phenoxy) is 1. The quantitative estimate of drug-likeness (QED) is 0.706. The molecule has 2 fully saturated rings. The lowest BCUT2D eigenvalue weighted by atomic mass is 9.84. The van der Waals surface area contributed by atoms with E-state index in [0.717, 1.165) is 57.8 Å². The first-order valence-electron chi connectivity index (χ1n) is 8.33. The minimum absolute atomic E-state index is 0.00513. The molecule has 0 aromatic rings. The number of alkyl carbamates (subject to hydrolysis) is 1. The minimum Gasteiger partial charge on any atom is -0.480 e. The van der Waals surface area contributed by atoms with Crippen molar-refractivity contribution in [1.82, 2.24) is 5.32 Å². The largest absolute Gasteiger partial charge is 0.480 e. The first kappa shape index (κ1) is 16.8. The topological polar surface area (TPSA) is 75.6 Å². The third-order valence-electron chi connectivity index (χ3n) is 5.16. The Morgan fingerprint density at radius 1 is 1.27 bits per heavy atom. The first-order valence-corrected chi connectivity index (χ1v) is 8.33. The highest BCUT2D eigenvalue weighted by molar-refractivity contribution is 5.80. The van der Waals surface area contributed by atoms with Crippen LogP contribution in [0.2, 0.25) is 0 Å². The van der Waals surface area contributed by atoms with Gasteiger partial charge >= 0.3 is 12.1 Å². The molecular formula is C17H27NO4. The molecular weight excluding hydrogens is 282 g/mol. The Morgan fingerprint density at radius 3 is 2.45 bits per heavy atom. The molecule has 0 aromatic heterocycles. The normalized spacial score (nSPS) is 22.2. The first-order chi connectivity index (χ1) is 10.6. The molecule has 0 saturated heterocycles. The molecule has 0 aromatic carbocycles. The standard InChI is InChI=1S/C17H27NO4/c1-2-9-17(10-5-6-11-17)12-22-16(21)18-14(15(19)20)13-7-3-4-8-13/h2,13-14H,1,3-12H2,(H,18,21)(H,19,20)/t14-/m0/s1. The van der Waals surface area contributed by atoms with E-state index in [1.807, 2.05) is 6.08 Å². The van der Waals surface area contributed by atoms with E-state index in [-0.39, 0.29) is 11.3 Å². The van der Waals surface area contributed by atoms with E-state index in [0.29, 0.717) is 6.61 Å². The van der Waals surface area contributed by atoms with Gasteiger partial charge in [0.1, 0.15) is 6.04 Å². The number of carboxylic acids is 1. The number of carboxylic acid groups (broad SMARTS) is 1. The summed E-state index contributed by atoms with van der Waals surface area (Å²) in [6.45, 7) is 4.14. The van der Waals surface area contributed by atoms with E-state index in [9.17, 15) is 14.7 Å². The monoisotopic (exact) mass is 309 g/mol. The number of carbonyl (C=O) groups excluding carboxylic acids is 1. The van der Waals surface area contributed by atoms with Crippen molar-refractivity contribution in [2.24, 2.45) is 11.3 Å². The molecule has 5 nitrogen and oxygen atoms in total. The number of nitrogens with one attached hydrogen (secondary N) is 1. The number of hydrogen-bond acceptors (Lipinski definition) is 3. The van der Waals surface area contributed by atoms with Crippen LogP contribution in [-0.4, -0.2) is 29.8 Å². The number of aliphatic carboxylic acids is 1. The van der Waals surface area contributed by atoms with Crippen LogP contribution in [0.25, 0.3) is 0 Å². The fourth-order valence-electron chi connectivity index (χ4n) is 3.90. The Kier molecular flexibility index (Phi) is 5.86. The lowest BCUT2D eigenvalue weighted by Crippen LogP contribution is -2.46. The molecule has 0 unspecified atom stereocenters. The van der Waals surface area contributed by atoms with Gasteiger partial charge in [0.15, 0.2) is 0 Å². The zero-order valence-electron chi connectivity index (χ0n) is 13.2. The maximum absolute atomic E-state index is 12.0. The molecule has 2 rings (SSSR count). The van der Waals surface area contributed by atoms with Crippen LogP contribution in [0.1, 0.15) is 57.8 Å². The lowest BCUT2D eigenvalue weighted by Gasteiger charge is -2.28. The maximum Gasteiger partial charge on any atom is 0.407 e. The van der Waals surface area contributed by atoms with Gasteiger partial charge in [0.05, 0.1) is 6.61 Å². The van der Waals surface area contributed by atoms with Gasteiger partial charge in [-0.2, -0.15) is 0 Å². The Bertz CT molecular complexity index is 409. The Morgan fingerprint density at radius 2 is 1.91 bits per heavy atom. The summed E-state index contributed by atoms with van der Waals surface area (Å²) in [6, 6.07) is -0.825. The molecule has 0 bridgehead atoms. The molecule has 0 heterocycles. The van der Waals surface area contributed by atoms with Gasteiger partial charge in [-0.1, -0.05) is 31.8 Å². The summed E-state index contributed by atoms with van der Waals surface area (Å²) in [6.07, 6.45) is 10.3. The van der Waals surface area contributed by atoms with Crippen LogP contribution in [-0.2, 0) is 9.53 Å². The smallest absolute Gasteiger partial charge is 0.407 e. The zero-order chi connectivity index (χ0) is 16.0.